The molecule has 3 heterocycles. The van der Waals surface area contributed by atoms with E-state index in [0.717, 1.165) is 43.0 Å². The van der Waals surface area contributed by atoms with Gasteiger partial charge in [-0.15, -0.1) is 0 Å². The van der Waals surface area contributed by atoms with E-state index in [1.807, 2.05) is 36.4 Å². The molecule has 2 aromatic rings. The minimum atomic E-state index is -3.75. The van der Waals surface area contributed by atoms with Gasteiger partial charge in [-0.25, -0.2) is 8.42 Å². The van der Waals surface area contributed by atoms with Crippen LogP contribution in [0.3, 0.4) is 0 Å². The summed E-state index contributed by atoms with van der Waals surface area (Å²) < 4.78 is 39.6. The standard InChI is InChI=1S/C33H44N4O6S/c1-21-8-4-6-10-24-19-33(24,32(39)36-44(40,41)26-12-13-26)35-30(38)28-18-25(20-37(28)15-14-22(2)16-21)43-31-27-11-7-5-9-23(27)17-29(34-31)42-3/h5-7,9-11,17,21-22,24-26,28H,4,8,12-16,18-20H2,1-3H3,(H,35,38)(H,36,39). The zero-order valence-electron chi connectivity index (χ0n) is 25.8. The largest absolute Gasteiger partial charge is 0.481 e. The van der Waals surface area contributed by atoms with Gasteiger partial charge in [0, 0.05) is 30.3 Å². The first-order chi connectivity index (χ1) is 21.1. The molecule has 6 rings (SSSR count). The number of nitrogens with one attached hydrogen (secondary N) is 2. The normalized spacial score (nSPS) is 31.6. The highest BCUT2D eigenvalue weighted by Crippen LogP contribution is 2.46. The maximum atomic E-state index is 14.0. The van der Waals surface area contributed by atoms with Crippen molar-refractivity contribution in [1.82, 2.24) is 19.9 Å². The Balaban J connectivity index is 1.26. The second kappa shape index (κ2) is 12.3. The second-order valence-electron chi connectivity index (χ2n) is 13.4. The zero-order chi connectivity index (χ0) is 31.1. The molecule has 6 unspecified atom stereocenters. The van der Waals surface area contributed by atoms with Gasteiger partial charge in [-0.1, -0.05) is 44.2 Å². The monoisotopic (exact) mass is 624 g/mol. The Hall–Kier alpha value is -3.18. The summed E-state index contributed by atoms with van der Waals surface area (Å²) in [5.41, 5.74) is -1.27. The van der Waals surface area contributed by atoms with Crippen LogP contribution in [0.4, 0.5) is 0 Å². The van der Waals surface area contributed by atoms with E-state index in [1.54, 1.807) is 7.11 Å². The van der Waals surface area contributed by atoms with Crippen molar-refractivity contribution < 1.29 is 27.5 Å². The number of methoxy groups -OCH3 is 1. The highest BCUT2D eigenvalue weighted by molar-refractivity contribution is 7.91. The van der Waals surface area contributed by atoms with Gasteiger partial charge in [0.05, 0.1) is 18.4 Å². The van der Waals surface area contributed by atoms with Crippen molar-refractivity contribution in [2.75, 3.05) is 20.2 Å². The molecule has 6 atom stereocenters. The van der Waals surface area contributed by atoms with Gasteiger partial charge in [-0.05, 0) is 74.8 Å². The third kappa shape index (κ3) is 6.59. The van der Waals surface area contributed by atoms with Crippen molar-refractivity contribution in [2.24, 2.45) is 17.8 Å². The van der Waals surface area contributed by atoms with Crippen molar-refractivity contribution in [1.29, 1.82) is 0 Å². The molecular weight excluding hydrogens is 580 g/mol. The van der Waals surface area contributed by atoms with Gasteiger partial charge in [-0.2, -0.15) is 4.98 Å². The van der Waals surface area contributed by atoms with Crippen molar-refractivity contribution in [3.63, 3.8) is 0 Å². The summed E-state index contributed by atoms with van der Waals surface area (Å²) >= 11 is 0. The number of nitrogens with zero attached hydrogens (tertiary/aromatic N) is 2. The summed E-state index contributed by atoms with van der Waals surface area (Å²) in [5, 5.41) is 4.33. The Bertz CT molecular complexity index is 1540. The van der Waals surface area contributed by atoms with Crippen LogP contribution in [-0.4, -0.2) is 73.3 Å². The predicted molar refractivity (Wildman–Crippen MR) is 168 cm³/mol. The molecule has 0 radical (unpaired) electrons. The lowest BCUT2D eigenvalue weighted by Crippen LogP contribution is -2.56. The highest BCUT2D eigenvalue weighted by atomic mass is 32.2. The Kier molecular flexibility index (Phi) is 8.63. The van der Waals surface area contributed by atoms with Gasteiger partial charge in [-0.3, -0.25) is 19.2 Å². The molecule has 2 aliphatic heterocycles. The quantitative estimate of drug-likeness (QED) is 0.463. The van der Waals surface area contributed by atoms with Crippen LogP contribution in [0.5, 0.6) is 11.8 Å². The van der Waals surface area contributed by atoms with Crippen molar-refractivity contribution in [3.8, 4) is 11.8 Å². The lowest BCUT2D eigenvalue weighted by Gasteiger charge is -2.27. The average molecular weight is 625 g/mol. The molecule has 2 amide bonds. The van der Waals surface area contributed by atoms with E-state index < -0.39 is 32.8 Å². The third-order valence-corrected chi connectivity index (χ3v) is 11.5. The summed E-state index contributed by atoms with van der Waals surface area (Å²) in [6, 6.07) is 9.17. The summed E-state index contributed by atoms with van der Waals surface area (Å²) in [6.45, 7) is 5.80. The van der Waals surface area contributed by atoms with Gasteiger partial charge in [0.15, 0.2) is 0 Å². The van der Waals surface area contributed by atoms with Gasteiger partial charge >= 0.3 is 0 Å². The van der Waals surface area contributed by atoms with E-state index in [1.165, 1.54) is 0 Å². The van der Waals surface area contributed by atoms with E-state index in [-0.39, 0.29) is 17.9 Å². The van der Waals surface area contributed by atoms with E-state index in [4.69, 9.17) is 9.47 Å². The Morgan fingerprint density at radius 3 is 2.66 bits per heavy atom. The Morgan fingerprint density at radius 2 is 1.89 bits per heavy atom. The lowest BCUT2D eigenvalue weighted by atomic mass is 9.91. The number of sulfonamides is 1. The Morgan fingerprint density at radius 1 is 1.11 bits per heavy atom. The SMILES string of the molecule is COc1cc2ccccc2c(OC2CC3C(=O)NC4(C(=O)NS(=O)(=O)C5CC5)CC4C=CCCC(C)CC(C)CCN3C2)n1. The molecule has 0 spiro atoms. The fourth-order valence-corrected chi connectivity index (χ4v) is 8.24. The molecule has 2 N–H and O–H groups in total. The van der Waals surface area contributed by atoms with Crippen LogP contribution >= 0.6 is 0 Å². The van der Waals surface area contributed by atoms with Crippen molar-refractivity contribution in [2.45, 2.75) is 88.1 Å². The van der Waals surface area contributed by atoms with Gasteiger partial charge in [0.25, 0.3) is 5.91 Å². The summed E-state index contributed by atoms with van der Waals surface area (Å²) in [6.07, 6.45) is 9.62. The number of ether oxygens (including phenoxy) is 2. The van der Waals surface area contributed by atoms with Crippen LogP contribution in [0, 0.1) is 17.8 Å². The predicted octanol–water partition coefficient (Wildman–Crippen LogP) is 3.95. The van der Waals surface area contributed by atoms with E-state index in [0.29, 0.717) is 55.8 Å². The number of fused-ring (bicyclic) bond motifs is 3. The maximum Gasteiger partial charge on any atom is 0.259 e. The fourth-order valence-electron chi connectivity index (χ4n) is 6.88. The number of carbonyl (C=O) groups is 2. The van der Waals surface area contributed by atoms with E-state index >= 15 is 0 Å². The summed E-state index contributed by atoms with van der Waals surface area (Å²) in [5.74, 6) is 0.791. The molecular formula is C33H44N4O6S. The number of aromatic nitrogens is 1. The maximum absolute atomic E-state index is 14.0. The molecule has 1 saturated heterocycles. The number of pyridine rings is 1. The lowest BCUT2D eigenvalue weighted by molar-refractivity contribution is -0.131. The molecule has 4 aliphatic rings. The Labute approximate surface area is 260 Å². The topological polar surface area (TPSA) is 127 Å². The summed E-state index contributed by atoms with van der Waals surface area (Å²) in [4.78, 5) is 34.3. The molecule has 1 aromatic heterocycles. The number of hydrogen-bond donors (Lipinski definition) is 2. The van der Waals surface area contributed by atoms with Crippen LogP contribution in [0.15, 0.2) is 42.5 Å². The number of benzene rings is 1. The van der Waals surface area contributed by atoms with Gasteiger partial charge in [0.2, 0.25) is 27.7 Å². The first-order valence-corrected chi connectivity index (χ1v) is 17.5. The molecule has 3 fully saturated rings. The van der Waals surface area contributed by atoms with E-state index in [9.17, 15) is 18.0 Å². The summed E-state index contributed by atoms with van der Waals surface area (Å²) in [7, 11) is -2.18. The van der Waals surface area contributed by atoms with Crippen LogP contribution in [0.1, 0.15) is 65.2 Å². The molecule has 238 valence electrons. The first kappa shape index (κ1) is 30.8. The number of allylic oxidation sites excluding steroid dienone is 1. The van der Waals surface area contributed by atoms with Gasteiger partial charge in [0.1, 0.15) is 11.6 Å². The van der Waals surface area contributed by atoms with Crippen LogP contribution < -0.4 is 19.5 Å². The molecule has 0 bridgehead atoms. The second-order valence-corrected chi connectivity index (χ2v) is 15.3. The average Bonchev–Trinajstić information content (AvgIpc) is 3.91. The fraction of sp³-hybridized carbons (Fsp3) is 0.606. The molecule has 2 aliphatic carbocycles. The molecule has 44 heavy (non-hydrogen) atoms. The molecule has 2 saturated carbocycles. The third-order valence-electron chi connectivity index (χ3n) is 9.71. The number of carbonyl (C=O) groups excluding carboxylic acids is 2. The molecule has 11 heteroatoms. The molecule has 10 nitrogen and oxygen atoms in total. The van der Waals surface area contributed by atoms with Crippen LogP contribution in [-0.2, 0) is 19.6 Å². The smallest absolute Gasteiger partial charge is 0.259 e. The zero-order valence-corrected chi connectivity index (χ0v) is 26.6. The number of rotatable bonds is 6. The first-order valence-electron chi connectivity index (χ1n) is 16.0. The number of hydrogen-bond acceptors (Lipinski definition) is 8. The minimum absolute atomic E-state index is 0.255. The minimum Gasteiger partial charge on any atom is -0.481 e. The molecule has 1 aromatic carbocycles. The van der Waals surface area contributed by atoms with E-state index in [2.05, 4.69) is 39.8 Å². The van der Waals surface area contributed by atoms with Crippen LogP contribution in [0.2, 0.25) is 0 Å². The highest BCUT2D eigenvalue weighted by Gasteiger charge is 2.62. The van der Waals surface area contributed by atoms with Crippen molar-refractivity contribution in [3.05, 3.63) is 42.5 Å². The van der Waals surface area contributed by atoms with Crippen molar-refractivity contribution >= 4 is 32.6 Å². The van der Waals surface area contributed by atoms with Gasteiger partial charge < -0.3 is 14.8 Å². The van der Waals surface area contributed by atoms with Crippen LogP contribution in [0.25, 0.3) is 10.8 Å². The number of amides is 2.